The summed E-state index contributed by atoms with van der Waals surface area (Å²) in [5.41, 5.74) is 0. The molecule has 0 aliphatic heterocycles. The van der Waals surface area contributed by atoms with Gasteiger partial charge in [-0.2, -0.15) is 0 Å². The summed E-state index contributed by atoms with van der Waals surface area (Å²) in [5.74, 6) is 0. The van der Waals surface area contributed by atoms with Gasteiger partial charge in [0.15, 0.2) is 0 Å². The second-order valence-electron chi connectivity index (χ2n) is 0. The van der Waals surface area contributed by atoms with Crippen molar-refractivity contribution in [3.63, 3.8) is 0 Å². The SMILES string of the molecule is CC.[Li+].[Li+]. The zero-order valence-corrected chi connectivity index (χ0v) is 4.00. The summed E-state index contributed by atoms with van der Waals surface area (Å²) in [6, 6.07) is 0. The molecule has 0 amide bonds. The summed E-state index contributed by atoms with van der Waals surface area (Å²) in [6.07, 6.45) is 0. The molecule has 0 spiro atoms. The standard InChI is InChI=1S/C2H6.2Li/c1-2;;/h1-2H3;;/q;2*+1. The van der Waals surface area contributed by atoms with Gasteiger partial charge in [0.2, 0.25) is 0 Å². The van der Waals surface area contributed by atoms with Gasteiger partial charge >= 0.3 is 37.7 Å². The summed E-state index contributed by atoms with van der Waals surface area (Å²) in [5, 5.41) is 0. The van der Waals surface area contributed by atoms with Crippen molar-refractivity contribution in [3.8, 4) is 0 Å². The van der Waals surface area contributed by atoms with Crippen LogP contribution in [0.2, 0.25) is 0 Å². The Morgan fingerprint density at radius 2 is 0.750 bits per heavy atom. The van der Waals surface area contributed by atoms with Crippen LogP contribution in [0, 0.1) is 0 Å². The van der Waals surface area contributed by atoms with E-state index < -0.39 is 0 Å². The minimum atomic E-state index is 0. The monoisotopic (exact) mass is 44.1 g/mol. The molecule has 0 fully saturated rings. The van der Waals surface area contributed by atoms with Crippen LogP contribution in [0.3, 0.4) is 0 Å². The van der Waals surface area contributed by atoms with Crippen molar-refractivity contribution in [2.75, 3.05) is 0 Å². The maximum atomic E-state index is 2.00. The van der Waals surface area contributed by atoms with Crippen molar-refractivity contribution in [2.24, 2.45) is 0 Å². The van der Waals surface area contributed by atoms with Crippen LogP contribution in [-0.4, -0.2) is 0 Å². The molecule has 2 heteroatoms. The average molecular weight is 44.0 g/mol. The zero-order valence-electron chi connectivity index (χ0n) is 4.00. The smallest absolute Gasteiger partial charge is 0.0683 e. The molecule has 0 aromatic heterocycles. The van der Waals surface area contributed by atoms with E-state index in [9.17, 15) is 0 Å². The van der Waals surface area contributed by atoms with E-state index in [1.54, 1.807) is 0 Å². The maximum Gasteiger partial charge on any atom is 1.00 e. The van der Waals surface area contributed by atoms with Crippen molar-refractivity contribution in [3.05, 3.63) is 0 Å². The fraction of sp³-hybridized carbons (Fsp3) is 1.00. The first-order valence-corrected chi connectivity index (χ1v) is 1.00. The van der Waals surface area contributed by atoms with E-state index in [1.807, 2.05) is 13.8 Å². The van der Waals surface area contributed by atoms with E-state index in [-0.39, 0.29) is 37.7 Å². The van der Waals surface area contributed by atoms with Crippen LogP contribution >= 0.6 is 0 Å². The summed E-state index contributed by atoms with van der Waals surface area (Å²) in [4.78, 5) is 0. The van der Waals surface area contributed by atoms with Crippen LogP contribution in [0.15, 0.2) is 0 Å². The van der Waals surface area contributed by atoms with Gasteiger partial charge in [-0.1, -0.05) is 13.8 Å². The van der Waals surface area contributed by atoms with Crippen LogP contribution in [0.1, 0.15) is 13.8 Å². The minimum Gasteiger partial charge on any atom is -0.0683 e. The first kappa shape index (κ1) is 19.0. The topological polar surface area (TPSA) is 0 Å². The van der Waals surface area contributed by atoms with Crippen LogP contribution in [-0.2, 0) is 0 Å². The average Bonchev–Trinajstić information content (AvgIpc) is 1.00. The molecular formula is C2H6Li2+2. The van der Waals surface area contributed by atoms with Crippen LogP contribution in [0.4, 0.5) is 0 Å². The predicted molar refractivity (Wildman–Crippen MR) is 11.3 cm³/mol. The molecule has 0 bridgehead atoms. The third kappa shape index (κ3) is 10.8. The Hall–Kier alpha value is 1.19. The van der Waals surface area contributed by atoms with Gasteiger partial charge < -0.3 is 0 Å². The third-order valence-corrected chi connectivity index (χ3v) is 0. The first-order chi connectivity index (χ1) is 1.00. The normalized spacial score (nSPS) is 1.50. The molecule has 0 aromatic carbocycles. The second kappa shape index (κ2) is 30.0. The Morgan fingerprint density at radius 3 is 0.750 bits per heavy atom. The van der Waals surface area contributed by atoms with Crippen molar-refractivity contribution < 1.29 is 37.7 Å². The summed E-state index contributed by atoms with van der Waals surface area (Å²) >= 11 is 0. The summed E-state index contributed by atoms with van der Waals surface area (Å²) < 4.78 is 0. The molecule has 0 aromatic rings. The van der Waals surface area contributed by atoms with E-state index in [4.69, 9.17) is 0 Å². The Morgan fingerprint density at radius 1 is 0.750 bits per heavy atom. The van der Waals surface area contributed by atoms with Gasteiger partial charge in [0.1, 0.15) is 0 Å². The van der Waals surface area contributed by atoms with E-state index >= 15 is 0 Å². The van der Waals surface area contributed by atoms with E-state index in [0.717, 1.165) is 0 Å². The first-order valence-electron chi connectivity index (χ1n) is 1.00. The number of rotatable bonds is 0. The molecule has 0 nitrogen and oxygen atoms in total. The molecule has 0 aliphatic carbocycles. The van der Waals surface area contributed by atoms with Gasteiger partial charge in [-0.05, 0) is 0 Å². The Balaban J connectivity index is -0.00000000500. The molecule has 0 atom stereocenters. The van der Waals surface area contributed by atoms with E-state index in [0.29, 0.717) is 0 Å². The molecular weight excluding hydrogens is 37.9 g/mol. The fourth-order valence-electron chi connectivity index (χ4n) is 0. The van der Waals surface area contributed by atoms with Crippen LogP contribution in [0.25, 0.3) is 0 Å². The van der Waals surface area contributed by atoms with Gasteiger partial charge in [0.05, 0.1) is 0 Å². The van der Waals surface area contributed by atoms with Crippen LogP contribution < -0.4 is 37.7 Å². The molecule has 0 saturated carbocycles. The third-order valence-electron chi connectivity index (χ3n) is 0. The number of hydrogen-bond donors (Lipinski definition) is 0. The van der Waals surface area contributed by atoms with Gasteiger partial charge in [0, 0.05) is 0 Å². The molecule has 14 valence electrons. The van der Waals surface area contributed by atoms with Crippen molar-refractivity contribution in [1.29, 1.82) is 0 Å². The quantitative estimate of drug-likeness (QED) is 0.239. The zero-order chi connectivity index (χ0) is 2.00. The second-order valence-corrected chi connectivity index (χ2v) is 0. The van der Waals surface area contributed by atoms with Gasteiger partial charge in [-0.25, -0.2) is 0 Å². The molecule has 0 unspecified atom stereocenters. The Bertz CT molecular complexity index is 4.00. The van der Waals surface area contributed by atoms with Gasteiger partial charge in [-0.3, -0.25) is 0 Å². The maximum absolute atomic E-state index is 2.00. The largest absolute Gasteiger partial charge is 1.00 e. The van der Waals surface area contributed by atoms with E-state index in [2.05, 4.69) is 0 Å². The molecule has 0 N–H and O–H groups in total. The molecule has 4 heavy (non-hydrogen) atoms. The van der Waals surface area contributed by atoms with Crippen molar-refractivity contribution in [2.45, 2.75) is 13.8 Å². The van der Waals surface area contributed by atoms with Gasteiger partial charge in [0.25, 0.3) is 0 Å². The van der Waals surface area contributed by atoms with E-state index in [1.165, 1.54) is 0 Å². The van der Waals surface area contributed by atoms with Crippen molar-refractivity contribution >= 4 is 0 Å². The van der Waals surface area contributed by atoms with Crippen molar-refractivity contribution in [1.82, 2.24) is 0 Å². The number of hydrogen-bond acceptors (Lipinski definition) is 0. The van der Waals surface area contributed by atoms with Gasteiger partial charge in [-0.15, -0.1) is 0 Å². The Kier molecular flexibility index (Phi) is 142. The minimum absolute atomic E-state index is 0. The van der Waals surface area contributed by atoms with Crippen LogP contribution in [0.5, 0.6) is 0 Å². The Labute approximate surface area is 51.7 Å². The molecule has 0 aliphatic rings. The predicted octanol–water partition coefficient (Wildman–Crippen LogP) is -4.97. The molecule has 0 radical (unpaired) electrons. The summed E-state index contributed by atoms with van der Waals surface area (Å²) in [7, 11) is 0. The molecule has 0 saturated heterocycles. The molecule has 0 heterocycles. The fourth-order valence-corrected chi connectivity index (χ4v) is 0. The molecule has 0 rings (SSSR count). The summed E-state index contributed by atoms with van der Waals surface area (Å²) in [6.45, 7) is 4.00.